The maximum Gasteiger partial charge on any atom is 0.119 e. The molecule has 0 bridgehead atoms. The van der Waals surface area contributed by atoms with Gasteiger partial charge in [0.2, 0.25) is 0 Å². The molecule has 0 saturated heterocycles. The van der Waals surface area contributed by atoms with Gasteiger partial charge in [0.25, 0.3) is 0 Å². The van der Waals surface area contributed by atoms with Gasteiger partial charge < -0.3 is 0 Å². The Labute approximate surface area is 152 Å². The number of fused-ring (bicyclic) bond motifs is 3. The zero-order valence-corrected chi connectivity index (χ0v) is 14.3. The second-order valence-corrected chi connectivity index (χ2v) is 6.75. The number of amidine groups is 1. The molecule has 3 aromatic carbocycles. The standard InChI is InChI=1S/C23H19N3/c24-23-13-12-16-6-3-4-11-22(16)26(23)25-21-10-5-9-19-14-17-7-1-2-8-18(17)15-20(19)21/h1-12,14-15,22,24-25H,13H2. The maximum absolute atomic E-state index is 8.42. The average Bonchev–Trinajstić information content (AvgIpc) is 2.69. The predicted octanol–water partition coefficient (Wildman–Crippen LogP) is 5.42. The summed E-state index contributed by atoms with van der Waals surface area (Å²) in [4.78, 5) is 0. The average molecular weight is 337 g/mol. The third-order valence-electron chi connectivity index (χ3n) is 5.12. The van der Waals surface area contributed by atoms with Gasteiger partial charge >= 0.3 is 0 Å². The molecular weight excluding hydrogens is 318 g/mol. The van der Waals surface area contributed by atoms with Crippen LogP contribution in [0.3, 0.4) is 0 Å². The number of nitrogens with one attached hydrogen (secondary N) is 2. The number of benzene rings is 3. The van der Waals surface area contributed by atoms with E-state index in [1.54, 1.807) is 0 Å². The third kappa shape index (κ3) is 2.40. The van der Waals surface area contributed by atoms with Gasteiger partial charge in [-0.1, -0.05) is 66.8 Å². The Morgan fingerprint density at radius 2 is 1.73 bits per heavy atom. The Morgan fingerprint density at radius 3 is 2.62 bits per heavy atom. The quantitative estimate of drug-likeness (QED) is 0.613. The van der Waals surface area contributed by atoms with Crippen LogP contribution in [-0.4, -0.2) is 16.9 Å². The molecule has 5 rings (SSSR count). The second-order valence-electron chi connectivity index (χ2n) is 6.75. The van der Waals surface area contributed by atoms with Gasteiger partial charge in [0.15, 0.2) is 0 Å². The van der Waals surface area contributed by atoms with E-state index >= 15 is 0 Å². The van der Waals surface area contributed by atoms with Gasteiger partial charge in [0.05, 0.1) is 11.7 Å². The van der Waals surface area contributed by atoms with Gasteiger partial charge in [0.1, 0.15) is 5.84 Å². The summed E-state index contributed by atoms with van der Waals surface area (Å²) in [7, 11) is 0. The number of hydrazine groups is 1. The lowest BCUT2D eigenvalue weighted by molar-refractivity contribution is 0.446. The highest BCUT2D eigenvalue weighted by Gasteiger charge is 2.26. The lowest BCUT2D eigenvalue weighted by atomic mass is 9.96. The summed E-state index contributed by atoms with van der Waals surface area (Å²) in [5.74, 6) is 0.580. The van der Waals surface area contributed by atoms with Crippen molar-refractivity contribution in [3.8, 4) is 0 Å². The molecule has 3 aromatic rings. The van der Waals surface area contributed by atoms with Gasteiger partial charge in [-0.15, -0.1) is 0 Å². The molecule has 26 heavy (non-hydrogen) atoms. The minimum atomic E-state index is 0.0666. The van der Waals surface area contributed by atoms with E-state index in [0.29, 0.717) is 12.3 Å². The number of anilines is 1. The molecule has 1 atom stereocenters. The van der Waals surface area contributed by atoms with E-state index in [-0.39, 0.29) is 6.04 Å². The van der Waals surface area contributed by atoms with E-state index in [1.807, 2.05) is 11.1 Å². The van der Waals surface area contributed by atoms with Crippen LogP contribution in [0.2, 0.25) is 0 Å². The lowest BCUT2D eigenvalue weighted by Gasteiger charge is -2.37. The topological polar surface area (TPSA) is 39.1 Å². The Balaban J connectivity index is 1.60. The summed E-state index contributed by atoms with van der Waals surface area (Å²) < 4.78 is 0. The molecule has 0 radical (unpaired) electrons. The zero-order chi connectivity index (χ0) is 17.5. The van der Waals surface area contributed by atoms with E-state index in [0.717, 1.165) is 5.69 Å². The number of allylic oxidation sites excluding steroid dienone is 2. The highest BCUT2D eigenvalue weighted by molar-refractivity contribution is 6.04. The fourth-order valence-electron chi connectivity index (χ4n) is 3.78. The number of nitrogens with zero attached hydrogens (tertiary/aromatic N) is 1. The van der Waals surface area contributed by atoms with Gasteiger partial charge in [-0.05, 0) is 39.9 Å². The van der Waals surface area contributed by atoms with Crippen molar-refractivity contribution < 1.29 is 0 Å². The summed E-state index contributed by atoms with van der Waals surface area (Å²) in [6, 6.07) is 19.3. The van der Waals surface area contributed by atoms with Gasteiger partial charge in [-0.3, -0.25) is 15.8 Å². The molecule has 1 aliphatic heterocycles. The molecule has 2 N–H and O–H groups in total. The first-order chi connectivity index (χ1) is 12.8. The number of hydrogen-bond acceptors (Lipinski definition) is 2. The van der Waals surface area contributed by atoms with Crippen LogP contribution in [0.25, 0.3) is 21.5 Å². The molecular formula is C23H19N3. The molecule has 1 unspecified atom stereocenters. The summed E-state index contributed by atoms with van der Waals surface area (Å²) >= 11 is 0. The van der Waals surface area contributed by atoms with Crippen molar-refractivity contribution in [2.75, 3.05) is 5.43 Å². The van der Waals surface area contributed by atoms with Crippen LogP contribution in [-0.2, 0) is 0 Å². The molecule has 0 saturated carbocycles. The van der Waals surface area contributed by atoms with Gasteiger partial charge in [0, 0.05) is 11.8 Å². The third-order valence-corrected chi connectivity index (χ3v) is 5.12. The van der Waals surface area contributed by atoms with Crippen LogP contribution in [0.5, 0.6) is 0 Å². The zero-order valence-electron chi connectivity index (χ0n) is 14.3. The Bertz CT molecular complexity index is 1120. The summed E-state index contributed by atoms with van der Waals surface area (Å²) in [6.07, 6.45) is 11.1. The maximum atomic E-state index is 8.42. The molecule has 2 aliphatic rings. The number of hydrogen-bond donors (Lipinski definition) is 2. The van der Waals surface area contributed by atoms with Crippen molar-refractivity contribution in [3.05, 3.63) is 90.6 Å². The molecule has 3 heteroatoms. The predicted molar refractivity (Wildman–Crippen MR) is 109 cm³/mol. The van der Waals surface area contributed by atoms with Gasteiger partial charge in [-0.2, -0.15) is 0 Å². The van der Waals surface area contributed by atoms with Crippen LogP contribution in [0.1, 0.15) is 6.42 Å². The van der Waals surface area contributed by atoms with Crippen molar-refractivity contribution in [1.29, 1.82) is 5.41 Å². The summed E-state index contributed by atoms with van der Waals surface area (Å²) in [5, 5.41) is 15.2. The normalized spacial score (nSPS) is 18.9. The molecule has 126 valence electrons. The van der Waals surface area contributed by atoms with E-state index in [9.17, 15) is 0 Å². The van der Waals surface area contributed by atoms with Crippen LogP contribution in [0.4, 0.5) is 5.69 Å². The van der Waals surface area contributed by atoms with Crippen molar-refractivity contribution in [2.45, 2.75) is 12.5 Å². The minimum Gasteiger partial charge on any atom is -0.296 e. The molecule has 1 aliphatic carbocycles. The summed E-state index contributed by atoms with van der Waals surface area (Å²) in [5.41, 5.74) is 5.79. The van der Waals surface area contributed by atoms with Crippen LogP contribution in [0, 0.1) is 5.41 Å². The van der Waals surface area contributed by atoms with Crippen molar-refractivity contribution in [1.82, 2.24) is 5.01 Å². The Hall–Kier alpha value is -3.33. The van der Waals surface area contributed by atoms with Gasteiger partial charge in [-0.25, -0.2) is 0 Å². The first kappa shape index (κ1) is 15.0. The van der Waals surface area contributed by atoms with Crippen molar-refractivity contribution >= 4 is 33.1 Å². The van der Waals surface area contributed by atoms with Crippen molar-refractivity contribution in [3.63, 3.8) is 0 Å². The molecule has 3 nitrogen and oxygen atoms in total. The fraction of sp³-hybridized carbons (Fsp3) is 0.0870. The van der Waals surface area contributed by atoms with Crippen LogP contribution < -0.4 is 5.43 Å². The first-order valence-electron chi connectivity index (χ1n) is 8.89. The first-order valence-corrected chi connectivity index (χ1v) is 8.89. The molecule has 0 fully saturated rings. The van der Waals surface area contributed by atoms with Crippen molar-refractivity contribution in [2.24, 2.45) is 0 Å². The molecule has 1 heterocycles. The van der Waals surface area contributed by atoms with E-state index < -0.39 is 0 Å². The molecule has 0 amide bonds. The lowest BCUT2D eigenvalue weighted by Crippen LogP contribution is -2.46. The second kappa shape index (κ2) is 5.88. The largest absolute Gasteiger partial charge is 0.296 e. The molecule has 0 aromatic heterocycles. The SMILES string of the molecule is N=C1CC=C2C=CC=CC2N1Nc1cccc2cc3ccccc3cc12. The molecule has 0 spiro atoms. The monoisotopic (exact) mass is 337 g/mol. The van der Waals surface area contributed by atoms with E-state index in [4.69, 9.17) is 5.41 Å². The Kier molecular flexibility index (Phi) is 3.39. The minimum absolute atomic E-state index is 0.0666. The van der Waals surface area contributed by atoms with E-state index in [2.05, 4.69) is 84.3 Å². The number of rotatable bonds is 2. The van der Waals surface area contributed by atoms with E-state index in [1.165, 1.54) is 27.1 Å². The Morgan fingerprint density at radius 1 is 0.923 bits per heavy atom. The smallest absolute Gasteiger partial charge is 0.119 e. The summed E-state index contributed by atoms with van der Waals surface area (Å²) in [6.45, 7) is 0. The highest BCUT2D eigenvalue weighted by atomic mass is 15.5. The van der Waals surface area contributed by atoms with Crippen LogP contribution in [0.15, 0.2) is 90.6 Å². The highest BCUT2D eigenvalue weighted by Crippen LogP contribution is 2.31. The van der Waals surface area contributed by atoms with Crippen LogP contribution >= 0.6 is 0 Å². The fourth-order valence-corrected chi connectivity index (χ4v) is 3.78.